The Kier molecular flexibility index (Phi) is 4.71. The van der Waals surface area contributed by atoms with E-state index in [0.717, 1.165) is 0 Å². The Morgan fingerprint density at radius 3 is 2.26 bits per heavy atom. The van der Waals surface area contributed by atoms with Gasteiger partial charge in [0.2, 0.25) is 0 Å². The van der Waals surface area contributed by atoms with Crippen LogP contribution in [0.3, 0.4) is 0 Å². The van der Waals surface area contributed by atoms with Crippen LogP contribution in [0.15, 0.2) is 0 Å². The minimum absolute atomic E-state index is 0.0873. The monoisotopic (exact) mass is 282 g/mol. The van der Waals surface area contributed by atoms with E-state index in [-0.39, 0.29) is 12.8 Å². The van der Waals surface area contributed by atoms with Crippen molar-refractivity contribution in [1.29, 1.82) is 0 Å². The van der Waals surface area contributed by atoms with Crippen LogP contribution in [0.1, 0.15) is 40.0 Å². The number of alkyl halides is 3. The summed E-state index contributed by atoms with van der Waals surface area (Å²) in [6, 6.07) is -1.15. The number of nitrogens with two attached hydrogens (primary N) is 1. The molecule has 0 saturated heterocycles. The summed E-state index contributed by atoms with van der Waals surface area (Å²) in [5.74, 6) is -1.46. The van der Waals surface area contributed by atoms with E-state index in [1.165, 1.54) is 0 Å². The molecule has 0 radical (unpaired) electrons. The highest BCUT2D eigenvalue weighted by molar-refractivity contribution is 5.68. The third-order valence-corrected chi connectivity index (χ3v) is 2.93. The van der Waals surface area contributed by atoms with Crippen molar-refractivity contribution in [2.75, 3.05) is 0 Å². The molecule has 112 valence electrons. The quantitative estimate of drug-likeness (QED) is 0.777. The first-order chi connectivity index (χ1) is 8.47. The molecule has 0 aromatic rings. The highest BCUT2D eigenvalue weighted by atomic mass is 19.4. The van der Waals surface area contributed by atoms with Crippen LogP contribution in [-0.4, -0.2) is 30.0 Å². The molecule has 19 heavy (non-hydrogen) atoms. The molecule has 0 aromatic carbocycles. The lowest BCUT2D eigenvalue weighted by atomic mass is 9.82. The first-order valence-electron chi connectivity index (χ1n) is 6.29. The van der Waals surface area contributed by atoms with Crippen molar-refractivity contribution in [2.24, 2.45) is 11.7 Å². The lowest BCUT2D eigenvalue weighted by Crippen LogP contribution is -2.49. The molecule has 1 amide bonds. The molecule has 1 aliphatic carbocycles. The minimum atomic E-state index is -4.27. The number of halogens is 3. The van der Waals surface area contributed by atoms with E-state index in [1.807, 2.05) is 0 Å². The Morgan fingerprint density at radius 2 is 1.79 bits per heavy atom. The van der Waals surface area contributed by atoms with Crippen LogP contribution in [0.2, 0.25) is 0 Å². The van der Waals surface area contributed by atoms with E-state index >= 15 is 0 Å². The Bertz CT molecular complexity index is 326. The molecule has 0 spiro atoms. The maximum absolute atomic E-state index is 12.7. The van der Waals surface area contributed by atoms with E-state index in [0.29, 0.717) is 6.42 Å². The van der Waals surface area contributed by atoms with Gasteiger partial charge in [-0.2, -0.15) is 13.2 Å². The Hall–Kier alpha value is -0.980. The first-order valence-corrected chi connectivity index (χ1v) is 6.29. The van der Waals surface area contributed by atoms with Gasteiger partial charge in [-0.25, -0.2) is 4.79 Å². The average Bonchev–Trinajstić information content (AvgIpc) is 2.11. The third kappa shape index (κ3) is 5.67. The molecule has 1 rings (SSSR count). The van der Waals surface area contributed by atoms with Gasteiger partial charge in [0.15, 0.2) is 0 Å². The first kappa shape index (κ1) is 16.1. The van der Waals surface area contributed by atoms with Crippen LogP contribution in [0.4, 0.5) is 18.0 Å². The van der Waals surface area contributed by atoms with Crippen LogP contribution in [-0.2, 0) is 4.74 Å². The highest BCUT2D eigenvalue weighted by Crippen LogP contribution is 2.37. The minimum Gasteiger partial charge on any atom is -0.444 e. The van der Waals surface area contributed by atoms with Crippen molar-refractivity contribution in [3.05, 3.63) is 0 Å². The van der Waals surface area contributed by atoms with Gasteiger partial charge in [0, 0.05) is 12.1 Å². The van der Waals surface area contributed by atoms with Crippen molar-refractivity contribution in [3.63, 3.8) is 0 Å². The summed E-state index contributed by atoms with van der Waals surface area (Å²) in [5, 5.41) is 2.47. The lowest BCUT2D eigenvalue weighted by molar-refractivity contribution is -0.184. The number of nitrogens with one attached hydrogen (secondary N) is 1. The SMILES string of the molecule is CC(C)(C)OC(=O)N[C@H]1C[C@H](N)C[C@@H](C(F)(F)F)C1. The molecule has 4 nitrogen and oxygen atoms in total. The molecule has 3 N–H and O–H groups in total. The number of amides is 1. The molecule has 3 atom stereocenters. The van der Waals surface area contributed by atoms with Gasteiger partial charge in [-0.3, -0.25) is 0 Å². The topological polar surface area (TPSA) is 64.3 Å². The summed E-state index contributed by atoms with van der Waals surface area (Å²) in [6.45, 7) is 5.08. The van der Waals surface area contributed by atoms with Crippen molar-refractivity contribution < 1.29 is 22.7 Å². The van der Waals surface area contributed by atoms with Crippen molar-refractivity contribution >= 4 is 6.09 Å². The van der Waals surface area contributed by atoms with Crippen LogP contribution in [0, 0.1) is 5.92 Å². The molecule has 1 aliphatic rings. The van der Waals surface area contributed by atoms with Gasteiger partial charge in [-0.05, 0) is 40.0 Å². The van der Waals surface area contributed by atoms with Gasteiger partial charge < -0.3 is 15.8 Å². The van der Waals surface area contributed by atoms with Crippen molar-refractivity contribution in [3.8, 4) is 0 Å². The third-order valence-electron chi connectivity index (χ3n) is 2.93. The summed E-state index contributed by atoms with van der Waals surface area (Å²) in [5.41, 5.74) is 4.95. The van der Waals surface area contributed by atoms with Gasteiger partial charge in [0.05, 0.1) is 5.92 Å². The largest absolute Gasteiger partial charge is 0.444 e. The van der Waals surface area contributed by atoms with E-state index in [2.05, 4.69) is 5.32 Å². The molecule has 1 saturated carbocycles. The number of ether oxygens (including phenoxy) is 1. The van der Waals surface area contributed by atoms with Crippen LogP contribution >= 0.6 is 0 Å². The fourth-order valence-corrected chi connectivity index (χ4v) is 2.22. The molecule has 7 heteroatoms. The zero-order valence-electron chi connectivity index (χ0n) is 11.4. The van der Waals surface area contributed by atoms with Gasteiger partial charge in [0.1, 0.15) is 5.60 Å². The summed E-state index contributed by atoms with van der Waals surface area (Å²) >= 11 is 0. The second-order valence-electron chi connectivity index (χ2n) is 6.05. The predicted octanol–water partition coefficient (Wildman–Crippen LogP) is 2.57. The molecule has 0 aromatic heterocycles. The smallest absolute Gasteiger partial charge is 0.407 e. The van der Waals surface area contributed by atoms with Crippen molar-refractivity contribution in [2.45, 2.75) is 63.9 Å². The number of hydrogen-bond acceptors (Lipinski definition) is 3. The standard InChI is InChI=1S/C12H21F3N2O2/c1-11(2,3)19-10(18)17-9-5-7(12(13,14)15)4-8(16)6-9/h7-9H,4-6,16H2,1-3H3,(H,17,18)/t7-,8-,9-/m1/s1. The Balaban J connectivity index is 2.56. The number of rotatable bonds is 1. The molecule has 0 aliphatic heterocycles. The van der Waals surface area contributed by atoms with E-state index < -0.39 is 35.9 Å². The number of carbonyl (C=O) groups excluding carboxylic acids is 1. The normalized spacial score (nSPS) is 28.9. The van der Waals surface area contributed by atoms with Crippen LogP contribution in [0.5, 0.6) is 0 Å². The van der Waals surface area contributed by atoms with E-state index in [4.69, 9.17) is 10.5 Å². The van der Waals surface area contributed by atoms with Crippen LogP contribution in [0.25, 0.3) is 0 Å². The fraction of sp³-hybridized carbons (Fsp3) is 0.917. The lowest BCUT2D eigenvalue weighted by Gasteiger charge is -2.34. The number of alkyl carbamates (subject to hydrolysis) is 1. The van der Waals surface area contributed by atoms with Gasteiger partial charge >= 0.3 is 12.3 Å². The molecular formula is C12H21F3N2O2. The molecule has 0 bridgehead atoms. The average molecular weight is 282 g/mol. The van der Waals surface area contributed by atoms with Crippen molar-refractivity contribution in [1.82, 2.24) is 5.32 Å². The summed E-state index contributed by atoms with van der Waals surface area (Å²) < 4.78 is 43.1. The fourth-order valence-electron chi connectivity index (χ4n) is 2.22. The van der Waals surface area contributed by atoms with E-state index in [1.54, 1.807) is 20.8 Å². The van der Waals surface area contributed by atoms with Gasteiger partial charge in [-0.15, -0.1) is 0 Å². The zero-order valence-corrected chi connectivity index (χ0v) is 11.4. The second-order valence-corrected chi connectivity index (χ2v) is 6.05. The summed E-state index contributed by atoms with van der Waals surface area (Å²) in [7, 11) is 0. The summed E-state index contributed by atoms with van der Waals surface area (Å²) in [4.78, 5) is 11.5. The molecular weight excluding hydrogens is 261 g/mol. The Labute approximate surface area is 110 Å². The number of carbonyl (C=O) groups is 1. The number of hydrogen-bond donors (Lipinski definition) is 2. The zero-order chi connectivity index (χ0) is 14.8. The maximum Gasteiger partial charge on any atom is 0.407 e. The summed E-state index contributed by atoms with van der Waals surface area (Å²) in [6.07, 6.45) is -4.86. The molecule has 0 unspecified atom stereocenters. The maximum atomic E-state index is 12.7. The highest BCUT2D eigenvalue weighted by Gasteiger charge is 2.44. The second kappa shape index (κ2) is 5.56. The van der Waals surface area contributed by atoms with Gasteiger partial charge in [0.25, 0.3) is 0 Å². The van der Waals surface area contributed by atoms with Gasteiger partial charge in [-0.1, -0.05) is 0 Å². The Morgan fingerprint density at radius 1 is 1.21 bits per heavy atom. The predicted molar refractivity (Wildman–Crippen MR) is 64.5 cm³/mol. The van der Waals surface area contributed by atoms with E-state index in [9.17, 15) is 18.0 Å². The molecule has 0 heterocycles. The van der Waals surface area contributed by atoms with Crippen LogP contribution < -0.4 is 11.1 Å². The molecule has 1 fully saturated rings.